The fraction of sp³-hybridized carbons (Fsp3) is 0.200. The van der Waals surface area contributed by atoms with Crippen LogP contribution in [0.4, 0.5) is 10.5 Å². The molecule has 2 N–H and O–H groups in total. The van der Waals surface area contributed by atoms with Crippen molar-refractivity contribution >= 4 is 45.5 Å². The van der Waals surface area contributed by atoms with E-state index in [0.717, 1.165) is 19.9 Å². The van der Waals surface area contributed by atoms with E-state index in [1.807, 2.05) is 18.2 Å². The topological polar surface area (TPSA) is 48.1 Å². The lowest BCUT2D eigenvalue weighted by Gasteiger charge is -2.11. The lowest BCUT2D eigenvalue weighted by molar-refractivity contribution is 0.230. The van der Waals surface area contributed by atoms with Crippen LogP contribution in [0.5, 0.6) is 0 Å². The Hall–Kier alpha value is -1.40. The second-order valence-corrected chi connectivity index (χ2v) is 5.27. The average molecular weight is 253 g/mol. The number of nitrogens with one attached hydrogen (secondary N) is 2. The molecule has 0 saturated carbocycles. The van der Waals surface area contributed by atoms with Gasteiger partial charge in [-0.2, -0.15) is 0 Å². The molecular formula is C10H11N3OS2. The summed E-state index contributed by atoms with van der Waals surface area (Å²) < 4.78 is 1.78. The van der Waals surface area contributed by atoms with Crippen LogP contribution in [0.1, 0.15) is 0 Å². The van der Waals surface area contributed by atoms with E-state index in [4.69, 9.17) is 12.2 Å². The molecule has 0 saturated heterocycles. The minimum absolute atomic E-state index is 0.140. The average Bonchev–Trinajstić information content (AvgIpc) is 2.57. The molecule has 2 rings (SSSR count). The van der Waals surface area contributed by atoms with Crippen molar-refractivity contribution in [2.75, 3.05) is 19.4 Å². The fourth-order valence-electron chi connectivity index (χ4n) is 1.26. The SMILES string of the molecule is CN(C)C(=O)Nc1ccc2[nH]c(=S)sc2c1. The highest BCUT2D eigenvalue weighted by atomic mass is 32.1. The van der Waals surface area contributed by atoms with E-state index >= 15 is 0 Å². The number of nitrogens with zero attached hydrogens (tertiary/aromatic N) is 1. The Labute approximate surface area is 102 Å². The summed E-state index contributed by atoms with van der Waals surface area (Å²) in [5.41, 5.74) is 1.77. The van der Waals surface area contributed by atoms with Gasteiger partial charge in [0, 0.05) is 19.8 Å². The summed E-state index contributed by atoms with van der Waals surface area (Å²) in [6, 6.07) is 5.53. The van der Waals surface area contributed by atoms with E-state index in [1.54, 1.807) is 14.1 Å². The zero-order valence-electron chi connectivity index (χ0n) is 8.90. The number of urea groups is 1. The maximum atomic E-state index is 11.4. The molecule has 0 atom stereocenters. The Morgan fingerprint density at radius 1 is 1.50 bits per heavy atom. The summed E-state index contributed by atoms with van der Waals surface area (Å²) in [5.74, 6) is 0. The highest BCUT2D eigenvalue weighted by molar-refractivity contribution is 7.73. The predicted molar refractivity (Wildman–Crippen MR) is 69.7 cm³/mol. The van der Waals surface area contributed by atoms with Gasteiger partial charge in [-0.1, -0.05) is 0 Å². The van der Waals surface area contributed by atoms with Gasteiger partial charge in [-0.3, -0.25) is 0 Å². The molecule has 4 nitrogen and oxygen atoms in total. The number of thiazole rings is 1. The van der Waals surface area contributed by atoms with Crippen molar-refractivity contribution < 1.29 is 4.79 Å². The molecular weight excluding hydrogens is 242 g/mol. The van der Waals surface area contributed by atoms with Crippen molar-refractivity contribution in [1.29, 1.82) is 0 Å². The van der Waals surface area contributed by atoms with Crippen LogP contribution in [0, 0.1) is 3.95 Å². The van der Waals surface area contributed by atoms with Crippen LogP contribution in [0.3, 0.4) is 0 Å². The third-order valence-corrected chi connectivity index (χ3v) is 3.28. The number of aromatic amines is 1. The third-order valence-electron chi connectivity index (χ3n) is 2.08. The van der Waals surface area contributed by atoms with E-state index in [2.05, 4.69) is 10.3 Å². The summed E-state index contributed by atoms with van der Waals surface area (Å²) >= 11 is 6.55. The fourth-order valence-corrected chi connectivity index (χ4v) is 2.41. The van der Waals surface area contributed by atoms with Crippen molar-refractivity contribution in [3.05, 3.63) is 22.2 Å². The molecule has 0 aliphatic heterocycles. The van der Waals surface area contributed by atoms with Gasteiger partial charge >= 0.3 is 6.03 Å². The number of amides is 2. The Morgan fingerprint density at radius 2 is 2.25 bits per heavy atom. The number of carbonyl (C=O) groups is 1. The van der Waals surface area contributed by atoms with Crippen LogP contribution in [-0.2, 0) is 0 Å². The van der Waals surface area contributed by atoms with E-state index in [9.17, 15) is 4.79 Å². The summed E-state index contributed by atoms with van der Waals surface area (Å²) in [6.07, 6.45) is 0. The summed E-state index contributed by atoms with van der Waals surface area (Å²) in [5, 5.41) is 2.79. The number of benzene rings is 1. The Kier molecular flexibility index (Phi) is 2.93. The minimum atomic E-state index is -0.140. The van der Waals surface area contributed by atoms with Gasteiger partial charge in [0.05, 0.1) is 10.2 Å². The van der Waals surface area contributed by atoms with Gasteiger partial charge in [-0.15, -0.1) is 11.3 Å². The van der Waals surface area contributed by atoms with Gasteiger partial charge in [-0.25, -0.2) is 4.79 Å². The molecule has 0 aliphatic carbocycles. The maximum Gasteiger partial charge on any atom is 0.321 e. The van der Waals surface area contributed by atoms with E-state index < -0.39 is 0 Å². The summed E-state index contributed by atoms with van der Waals surface area (Å²) in [4.78, 5) is 16.0. The molecule has 0 spiro atoms. The van der Waals surface area contributed by atoms with Crippen molar-refractivity contribution in [3.63, 3.8) is 0 Å². The summed E-state index contributed by atoms with van der Waals surface area (Å²) in [6.45, 7) is 0. The van der Waals surface area contributed by atoms with Crippen LogP contribution in [0.2, 0.25) is 0 Å². The number of fused-ring (bicyclic) bond motifs is 1. The van der Waals surface area contributed by atoms with Crippen LogP contribution in [0.25, 0.3) is 10.2 Å². The van der Waals surface area contributed by atoms with Crippen LogP contribution in [-0.4, -0.2) is 30.0 Å². The predicted octanol–water partition coefficient (Wildman–Crippen LogP) is 3.05. The van der Waals surface area contributed by atoms with Crippen molar-refractivity contribution in [1.82, 2.24) is 9.88 Å². The Bertz CT molecular complexity index is 585. The third kappa shape index (κ3) is 2.23. The summed E-state index contributed by atoms with van der Waals surface area (Å²) in [7, 11) is 3.41. The van der Waals surface area contributed by atoms with Crippen LogP contribution >= 0.6 is 23.6 Å². The number of aromatic nitrogens is 1. The minimum Gasteiger partial charge on any atom is -0.337 e. The largest absolute Gasteiger partial charge is 0.337 e. The van der Waals surface area contributed by atoms with Crippen LogP contribution in [0.15, 0.2) is 18.2 Å². The lowest BCUT2D eigenvalue weighted by Crippen LogP contribution is -2.27. The monoisotopic (exact) mass is 253 g/mol. The number of hydrogen-bond donors (Lipinski definition) is 2. The van der Waals surface area contributed by atoms with Gasteiger partial charge in [0.25, 0.3) is 0 Å². The number of anilines is 1. The first-order valence-corrected chi connectivity index (χ1v) is 5.90. The molecule has 16 heavy (non-hydrogen) atoms. The van der Waals surface area contributed by atoms with E-state index in [0.29, 0.717) is 0 Å². The van der Waals surface area contributed by atoms with Crippen molar-refractivity contribution in [2.45, 2.75) is 0 Å². The van der Waals surface area contributed by atoms with E-state index in [1.165, 1.54) is 16.2 Å². The van der Waals surface area contributed by atoms with Gasteiger partial charge < -0.3 is 15.2 Å². The molecule has 1 aromatic carbocycles. The first kappa shape index (κ1) is 11.1. The highest BCUT2D eigenvalue weighted by Gasteiger charge is 2.05. The molecule has 0 aliphatic rings. The molecule has 1 heterocycles. The molecule has 84 valence electrons. The highest BCUT2D eigenvalue weighted by Crippen LogP contribution is 2.23. The molecule has 0 unspecified atom stereocenters. The molecule has 6 heteroatoms. The molecule has 0 bridgehead atoms. The molecule has 2 aromatic rings. The second kappa shape index (κ2) is 4.23. The molecule has 0 fully saturated rings. The number of hydrogen-bond acceptors (Lipinski definition) is 3. The molecule has 1 aromatic heterocycles. The number of H-pyrrole nitrogens is 1. The van der Waals surface area contributed by atoms with Crippen LogP contribution < -0.4 is 5.32 Å². The van der Waals surface area contributed by atoms with E-state index in [-0.39, 0.29) is 6.03 Å². The maximum absolute atomic E-state index is 11.4. The quantitative estimate of drug-likeness (QED) is 0.767. The number of rotatable bonds is 1. The molecule has 2 amide bonds. The zero-order valence-corrected chi connectivity index (χ0v) is 10.5. The van der Waals surface area contributed by atoms with Gasteiger partial charge in [0.2, 0.25) is 0 Å². The first-order chi connectivity index (χ1) is 7.56. The first-order valence-electron chi connectivity index (χ1n) is 4.67. The van der Waals surface area contributed by atoms with Gasteiger partial charge in [0.1, 0.15) is 0 Å². The normalized spacial score (nSPS) is 10.4. The standard InChI is InChI=1S/C10H11N3OS2/c1-13(2)9(14)11-6-3-4-7-8(5-6)16-10(15)12-7/h3-5H,1-2H3,(H,11,14)(H,12,15). The Morgan fingerprint density at radius 3 is 2.94 bits per heavy atom. The van der Waals surface area contributed by atoms with Crippen molar-refractivity contribution in [3.8, 4) is 0 Å². The lowest BCUT2D eigenvalue weighted by atomic mass is 10.3. The zero-order chi connectivity index (χ0) is 11.7. The van der Waals surface area contributed by atoms with Gasteiger partial charge in [-0.05, 0) is 30.4 Å². The van der Waals surface area contributed by atoms with Crippen molar-refractivity contribution in [2.24, 2.45) is 0 Å². The second-order valence-electron chi connectivity index (χ2n) is 3.55. The molecule has 0 radical (unpaired) electrons. The Balaban J connectivity index is 2.32. The number of carbonyl (C=O) groups excluding carboxylic acids is 1. The smallest absolute Gasteiger partial charge is 0.321 e. The van der Waals surface area contributed by atoms with Gasteiger partial charge in [0.15, 0.2) is 3.95 Å².